The van der Waals surface area contributed by atoms with Crippen LogP contribution < -0.4 is 10.2 Å². The van der Waals surface area contributed by atoms with Crippen molar-refractivity contribution < 1.29 is 9.72 Å². The molecule has 0 aromatic carbocycles. The number of piperidine rings is 1. The number of rotatable bonds is 5. The molecular formula is C16H20N6O3. The topological polar surface area (TPSA) is 106 Å². The van der Waals surface area contributed by atoms with E-state index in [1.54, 1.807) is 16.9 Å². The molecule has 1 aliphatic heterocycles. The summed E-state index contributed by atoms with van der Waals surface area (Å²) >= 11 is 0. The zero-order valence-electron chi connectivity index (χ0n) is 14.0. The van der Waals surface area contributed by atoms with E-state index in [1.807, 2.05) is 18.0 Å². The lowest BCUT2D eigenvalue weighted by molar-refractivity contribution is -0.385. The molecule has 0 saturated carbocycles. The maximum Gasteiger partial charge on any atom is 0.287 e. The molecule has 9 nitrogen and oxygen atoms in total. The van der Waals surface area contributed by atoms with Gasteiger partial charge in [-0.3, -0.25) is 19.6 Å². The van der Waals surface area contributed by atoms with E-state index in [9.17, 15) is 14.9 Å². The van der Waals surface area contributed by atoms with Crippen LogP contribution in [0.1, 0.15) is 19.8 Å². The van der Waals surface area contributed by atoms with Gasteiger partial charge in [-0.05, 0) is 25.8 Å². The third kappa shape index (κ3) is 3.93. The molecule has 1 saturated heterocycles. The standard InChI is InChI=1S/C16H20N6O3/c1-2-21-11-13(9-18-21)19-16(23)12-5-7-20(8-6-12)15-4-3-14(10-17-15)22(24)25/h3-4,9-12H,2,5-8H2,1H3,(H,19,23). The van der Waals surface area contributed by atoms with Gasteiger partial charge in [0.1, 0.15) is 12.0 Å². The van der Waals surface area contributed by atoms with E-state index in [2.05, 4.69) is 15.4 Å². The highest BCUT2D eigenvalue weighted by Crippen LogP contribution is 2.24. The molecule has 132 valence electrons. The van der Waals surface area contributed by atoms with Crippen LogP contribution in [0, 0.1) is 16.0 Å². The third-order valence-corrected chi connectivity index (χ3v) is 4.36. The van der Waals surface area contributed by atoms with Crippen molar-refractivity contribution in [3.8, 4) is 0 Å². The number of pyridine rings is 1. The molecule has 2 aromatic rings. The second kappa shape index (κ2) is 7.29. The number of aromatic nitrogens is 3. The van der Waals surface area contributed by atoms with Gasteiger partial charge < -0.3 is 10.2 Å². The Morgan fingerprint density at radius 2 is 2.12 bits per heavy atom. The van der Waals surface area contributed by atoms with Gasteiger partial charge in [-0.25, -0.2) is 4.98 Å². The lowest BCUT2D eigenvalue weighted by Gasteiger charge is -2.31. The van der Waals surface area contributed by atoms with Crippen molar-refractivity contribution >= 4 is 23.1 Å². The summed E-state index contributed by atoms with van der Waals surface area (Å²) in [5.74, 6) is 0.653. The first kappa shape index (κ1) is 16.9. The van der Waals surface area contributed by atoms with Crippen molar-refractivity contribution in [2.24, 2.45) is 5.92 Å². The fourth-order valence-corrected chi connectivity index (χ4v) is 2.89. The Balaban J connectivity index is 1.54. The molecule has 9 heteroatoms. The Labute approximate surface area is 144 Å². The van der Waals surface area contributed by atoms with Crippen LogP contribution in [0.25, 0.3) is 0 Å². The van der Waals surface area contributed by atoms with Crippen molar-refractivity contribution in [2.45, 2.75) is 26.3 Å². The van der Waals surface area contributed by atoms with Crippen LogP contribution in [-0.4, -0.2) is 38.7 Å². The van der Waals surface area contributed by atoms with Gasteiger partial charge in [0.05, 0.1) is 16.8 Å². The summed E-state index contributed by atoms with van der Waals surface area (Å²) in [7, 11) is 0. The number of hydrogen-bond donors (Lipinski definition) is 1. The molecule has 25 heavy (non-hydrogen) atoms. The number of nitrogens with one attached hydrogen (secondary N) is 1. The number of nitro groups is 1. The SMILES string of the molecule is CCn1cc(NC(=O)C2CCN(c3ccc([N+](=O)[O-])cn3)CC2)cn1. The van der Waals surface area contributed by atoms with E-state index in [0.29, 0.717) is 37.4 Å². The molecule has 0 atom stereocenters. The zero-order chi connectivity index (χ0) is 17.8. The highest BCUT2D eigenvalue weighted by Gasteiger charge is 2.26. The van der Waals surface area contributed by atoms with Gasteiger partial charge in [0.15, 0.2) is 0 Å². The summed E-state index contributed by atoms with van der Waals surface area (Å²) in [5.41, 5.74) is 0.692. The van der Waals surface area contributed by atoms with Gasteiger partial charge in [0.2, 0.25) is 5.91 Å². The smallest absolute Gasteiger partial charge is 0.287 e. The van der Waals surface area contributed by atoms with E-state index in [0.717, 1.165) is 6.54 Å². The summed E-state index contributed by atoms with van der Waals surface area (Å²) in [6.45, 7) is 4.13. The quantitative estimate of drug-likeness (QED) is 0.657. The largest absolute Gasteiger partial charge is 0.357 e. The molecule has 2 aromatic heterocycles. The summed E-state index contributed by atoms with van der Waals surface area (Å²) in [6.07, 6.45) is 6.16. The number of hydrogen-bond acceptors (Lipinski definition) is 6. The highest BCUT2D eigenvalue weighted by molar-refractivity contribution is 5.92. The van der Waals surface area contributed by atoms with E-state index in [-0.39, 0.29) is 17.5 Å². The van der Waals surface area contributed by atoms with E-state index in [4.69, 9.17) is 0 Å². The van der Waals surface area contributed by atoms with Gasteiger partial charge in [0, 0.05) is 37.8 Å². The van der Waals surface area contributed by atoms with Gasteiger partial charge in [-0.15, -0.1) is 0 Å². The summed E-state index contributed by atoms with van der Waals surface area (Å²) in [6, 6.07) is 3.10. The first-order valence-corrected chi connectivity index (χ1v) is 8.25. The van der Waals surface area contributed by atoms with Gasteiger partial charge in [-0.1, -0.05) is 0 Å². The zero-order valence-corrected chi connectivity index (χ0v) is 14.0. The lowest BCUT2D eigenvalue weighted by Crippen LogP contribution is -2.38. The number of carbonyl (C=O) groups is 1. The Morgan fingerprint density at radius 1 is 1.36 bits per heavy atom. The minimum Gasteiger partial charge on any atom is -0.357 e. The first-order valence-electron chi connectivity index (χ1n) is 8.25. The van der Waals surface area contributed by atoms with E-state index >= 15 is 0 Å². The maximum absolute atomic E-state index is 12.4. The van der Waals surface area contributed by atoms with Crippen molar-refractivity contribution in [3.63, 3.8) is 0 Å². The molecule has 1 aliphatic rings. The van der Waals surface area contributed by atoms with Crippen molar-refractivity contribution in [1.29, 1.82) is 0 Å². The minimum atomic E-state index is -0.464. The number of amides is 1. The van der Waals surface area contributed by atoms with Crippen LogP contribution in [0.15, 0.2) is 30.7 Å². The number of anilines is 2. The molecule has 0 radical (unpaired) electrons. The fraction of sp³-hybridized carbons (Fsp3) is 0.438. The molecular weight excluding hydrogens is 324 g/mol. The highest BCUT2D eigenvalue weighted by atomic mass is 16.6. The van der Waals surface area contributed by atoms with E-state index in [1.165, 1.54) is 12.3 Å². The second-order valence-electron chi connectivity index (χ2n) is 5.97. The predicted molar refractivity (Wildman–Crippen MR) is 92.4 cm³/mol. The van der Waals surface area contributed by atoms with Crippen LogP contribution >= 0.6 is 0 Å². The van der Waals surface area contributed by atoms with E-state index < -0.39 is 4.92 Å². The maximum atomic E-state index is 12.4. The van der Waals surface area contributed by atoms with Crippen LogP contribution in [0.5, 0.6) is 0 Å². The average molecular weight is 344 g/mol. The molecule has 3 rings (SSSR count). The lowest BCUT2D eigenvalue weighted by atomic mass is 9.96. The molecule has 1 N–H and O–H groups in total. The van der Waals surface area contributed by atoms with Gasteiger partial charge in [-0.2, -0.15) is 5.10 Å². The number of aryl methyl sites for hydroxylation is 1. The molecule has 1 fully saturated rings. The Morgan fingerprint density at radius 3 is 2.68 bits per heavy atom. The molecule has 0 unspecified atom stereocenters. The molecule has 1 amide bonds. The summed E-state index contributed by atoms with van der Waals surface area (Å²) in [5, 5.41) is 17.7. The summed E-state index contributed by atoms with van der Waals surface area (Å²) in [4.78, 5) is 28.8. The number of carbonyl (C=O) groups excluding carboxylic acids is 1. The van der Waals surface area contributed by atoms with Crippen LogP contribution in [-0.2, 0) is 11.3 Å². The van der Waals surface area contributed by atoms with Gasteiger partial charge in [0.25, 0.3) is 5.69 Å². The third-order valence-electron chi connectivity index (χ3n) is 4.36. The van der Waals surface area contributed by atoms with Crippen LogP contribution in [0.3, 0.4) is 0 Å². The summed E-state index contributed by atoms with van der Waals surface area (Å²) < 4.78 is 1.76. The normalized spacial score (nSPS) is 15.2. The second-order valence-corrected chi connectivity index (χ2v) is 5.97. The Kier molecular flexibility index (Phi) is 4.92. The van der Waals surface area contributed by atoms with Crippen LogP contribution in [0.4, 0.5) is 17.2 Å². The monoisotopic (exact) mass is 344 g/mol. The van der Waals surface area contributed by atoms with Crippen molar-refractivity contribution in [3.05, 3.63) is 40.8 Å². The fourth-order valence-electron chi connectivity index (χ4n) is 2.89. The minimum absolute atomic E-state index is 0.00645. The van der Waals surface area contributed by atoms with Crippen molar-refractivity contribution in [1.82, 2.24) is 14.8 Å². The Hall–Kier alpha value is -2.97. The molecule has 0 spiro atoms. The molecule has 0 aliphatic carbocycles. The average Bonchev–Trinajstić information content (AvgIpc) is 3.09. The van der Waals surface area contributed by atoms with Crippen molar-refractivity contribution in [2.75, 3.05) is 23.3 Å². The predicted octanol–water partition coefficient (Wildman–Crippen LogP) is 2.06. The van der Waals surface area contributed by atoms with Gasteiger partial charge >= 0.3 is 0 Å². The molecule has 3 heterocycles. The number of nitrogens with zero attached hydrogens (tertiary/aromatic N) is 5. The first-order chi connectivity index (χ1) is 12.1. The Bertz CT molecular complexity index is 749. The van der Waals surface area contributed by atoms with Crippen LogP contribution in [0.2, 0.25) is 0 Å². The molecule has 0 bridgehead atoms.